The van der Waals surface area contributed by atoms with Crippen LogP contribution in [-0.2, 0) is 26.4 Å². The van der Waals surface area contributed by atoms with Crippen molar-refractivity contribution in [3.05, 3.63) is 0 Å². The Morgan fingerprint density at radius 1 is 0.778 bits per heavy atom. The molecule has 0 saturated heterocycles. The fraction of sp³-hybridized carbons (Fsp3) is 0.667. The van der Waals surface area contributed by atoms with Crippen LogP contribution >= 0.6 is 0 Å². The summed E-state index contributed by atoms with van der Waals surface area (Å²) in [5, 5.41) is 0. The van der Waals surface area contributed by atoms with Crippen LogP contribution in [0.1, 0.15) is 27.7 Å². The first-order valence-corrected chi connectivity index (χ1v) is 2.41. The van der Waals surface area contributed by atoms with Crippen molar-refractivity contribution < 1.29 is 26.4 Å². The first-order valence-electron chi connectivity index (χ1n) is 2.41. The van der Waals surface area contributed by atoms with Crippen molar-refractivity contribution >= 4 is 11.6 Å². The second-order valence-corrected chi connectivity index (χ2v) is 1.82. The van der Waals surface area contributed by atoms with Gasteiger partial charge in [0.05, 0.1) is 0 Å². The minimum atomic E-state index is 0. The zero-order chi connectivity index (χ0) is 7.15. The van der Waals surface area contributed by atoms with Crippen LogP contribution in [0.5, 0.6) is 0 Å². The minimum absolute atomic E-state index is 0. The predicted molar refractivity (Wildman–Crippen MR) is 32.7 cm³/mol. The molecule has 0 aliphatic carbocycles. The Morgan fingerprint density at radius 2 is 0.778 bits per heavy atom. The van der Waals surface area contributed by atoms with Crippen molar-refractivity contribution in [1.82, 2.24) is 0 Å². The van der Waals surface area contributed by atoms with Crippen molar-refractivity contribution in [2.24, 2.45) is 0 Å². The molecule has 3 heteroatoms. The van der Waals surface area contributed by atoms with Crippen LogP contribution in [-0.4, -0.2) is 11.6 Å². The van der Waals surface area contributed by atoms with E-state index in [2.05, 4.69) is 0 Å². The van der Waals surface area contributed by atoms with Crippen molar-refractivity contribution in [1.29, 1.82) is 0 Å². The molecule has 0 aromatic rings. The van der Waals surface area contributed by atoms with Gasteiger partial charge in [0.2, 0.25) is 0 Å². The molecule has 0 atom stereocenters. The summed E-state index contributed by atoms with van der Waals surface area (Å²) in [6.07, 6.45) is 0. The molecule has 0 aromatic heterocycles. The summed E-state index contributed by atoms with van der Waals surface area (Å²) in [5.74, 6) is 0.333. The number of ketones is 2. The normalized spacial score (nSPS) is 5.78. The Hall–Kier alpha value is -0.154. The van der Waals surface area contributed by atoms with Crippen LogP contribution in [0.15, 0.2) is 0 Å². The molecule has 0 saturated carbocycles. The maximum absolute atomic E-state index is 9.44. The molecule has 2 nitrogen and oxygen atoms in total. The van der Waals surface area contributed by atoms with Gasteiger partial charge >= 0.3 is 0 Å². The van der Waals surface area contributed by atoms with E-state index in [1.54, 1.807) is 0 Å². The second-order valence-electron chi connectivity index (χ2n) is 1.82. The molecule has 57 valence electrons. The number of rotatable bonds is 0. The van der Waals surface area contributed by atoms with Crippen molar-refractivity contribution in [2.45, 2.75) is 27.7 Å². The molecule has 0 heterocycles. The summed E-state index contributed by atoms with van der Waals surface area (Å²) >= 11 is 0. The fourth-order valence-electron chi connectivity index (χ4n) is 0. The van der Waals surface area contributed by atoms with E-state index in [0.717, 1.165) is 0 Å². The molecule has 0 spiro atoms. The molecule has 0 aliphatic heterocycles. The van der Waals surface area contributed by atoms with Gasteiger partial charge in [0.15, 0.2) is 0 Å². The molecule has 0 amide bonds. The summed E-state index contributed by atoms with van der Waals surface area (Å²) in [6, 6.07) is 0. The summed E-state index contributed by atoms with van der Waals surface area (Å²) < 4.78 is 0. The zero-order valence-electron chi connectivity index (χ0n) is 6.15. The number of hydrogen-bond acceptors (Lipinski definition) is 2. The minimum Gasteiger partial charge on any atom is -0.300 e. The van der Waals surface area contributed by atoms with Gasteiger partial charge in [-0.1, -0.05) is 0 Å². The van der Waals surface area contributed by atoms with Crippen LogP contribution in [0.3, 0.4) is 0 Å². The summed E-state index contributed by atoms with van der Waals surface area (Å²) in [4.78, 5) is 18.9. The molecule has 0 rings (SSSR count). The van der Waals surface area contributed by atoms with E-state index < -0.39 is 0 Å². The second kappa shape index (κ2) is 10.8. The standard InChI is InChI=1S/2C3H6O.Co/c2*1-3(2)4;/h2*1-2H3;. The average Bonchev–Trinajstić information content (AvgIpc) is 1.25. The molecule has 0 aliphatic rings. The molecule has 0 N–H and O–H groups in total. The van der Waals surface area contributed by atoms with E-state index in [0.29, 0.717) is 0 Å². The van der Waals surface area contributed by atoms with Gasteiger partial charge in [-0.05, 0) is 27.7 Å². The van der Waals surface area contributed by atoms with E-state index in [1.807, 2.05) is 0 Å². The van der Waals surface area contributed by atoms with Crippen LogP contribution in [0, 0.1) is 0 Å². The summed E-state index contributed by atoms with van der Waals surface area (Å²) in [7, 11) is 0. The zero-order valence-corrected chi connectivity index (χ0v) is 7.19. The van der Waals surface area contributed by atoms with Crippen LogP contribution < -0.4 is 0 Å². The fourth-order valence-corrected chi connectivity index (χ4v) is 0. The monoisotopic (exact) mass is 175 g/mol. The maximum atomic E-state index is 9.44. The molecule has 0 unspecified atom stereocenters. The van der Waals surface area contributed by atoms with E-state index in [1.165, 1.54) is 27.7 Å². The van der Waals surface area contributed by atoms with Gasteiger partial charge in [0.1, 0.15) is 11.6 Å². The van der Waals surface area contributed by atoms with Gasteiger partial charge in [-0.25, -0.2) is 0 Å². The van der Waals surface area contributed by atoms with Crippen LogP contribution in [0.25, 0.3) is 0 Å². The Balaban J connectivity index is -0.0000000720. The smallest absolute Gasteiger partial charge is 0.126 e. The SMILES string of the molecule is CC(C)=O.CC(C)=O.[Co]. The number of carbonyl (C=O) groups excluding carboxylic acids is 2. The first kappa shape index (κ1) is 15.9. The maximum Gasteiger partial charge on any atom is 0.126 e. The quantitative estimate of drug-likeness (QED) is 0.554. The molecule has 9 heavy (non-hydrogen) atoms. The molecule has 1 radical (unpaired) electrons. The Morgan fingerprint density at radius 3 is 0.778 bits per heavy atom. The topological polar surface area (TPSA) is 34.1 Å². The third kappa shape index (κ3) is 11400. The van der Waals surface area contributed by atoms with E-state index in [4.69, 9.17) is 0 Å². The van der Waals surface area contributed by atoms with Gasteiger partial charge in [-0.3, -0.25) is 0 Å². The van der Waals surface area contributed by atoms with Crippen molar-refractivity contribution in [3.63, 3.8) is 0 Å². The van der Waals surface area contributed by atoms with Gasteiger partial charge in [-0.15, -0.1) is 0 Å². The third-order valence-electron chi connectivity index (χ3n) is 0. The van der Waals surface area contributed by atoms with Gasteiger partial charge in [0.25, 0.3) is 0 Å². The third-order valence-corrected chi connectivity index (χ3v) is 0. The summed E-state index contributed by atoms with van der Waals surface area (Å²) in [5.41, 5.74) is 0. The van der Waals surface area contributed by atoms with Gasteiger partial charge in [-0.2, -0.15) is 0 Å². The molecule has 0 bridgehead atoms. The first-order chi connectivity index (χ1) is 3.46. The predicted octanol–water partition coefficient (Wildman–Crippen LogP) is 1.19. The van der Waals surface area contributed by atoms with E-state index in [9.17, 15) is 9.59 Å². The van der Waals surface area contributed by atoms with Gasteiger partial charge in [0, 0.05) is 16.8 Å². The van der Waals surface area contributed by atoms with E-state index in [-0.39, 0.29) is 28.3 Å². The van der Waals surface area contributed by atoms with Crippen molar-refractivity contribution in [2.75, 3.05) is 0 Å². The Kier molecular flexibility index (Phi) is 19.1. The van der Waals surface area contributed by atoms with Crippen LogP contribution in [0.2, 0.25) is 0 Å². The number of Topliss-reactive ketones (excluding diaryl/α,β-unsaturated/α-hetero) is 2. The molecule has 0 fully saturated rings. The molecular weight excluding hydrogens is 163 g/mol. The Labute approximate surface area is 66.2 Å². The Bertz CT molecular complexity index is 69.1. The number of carbonyl (C=O) groups is 2. The molecule has 0 aromatic carbocycles. The van der Waals surface area contributed by atoms with E-state index >= 15 is 0 Å². The molecular formula is C6H12CoO2. The van der Waals surface area contributed by atoms with Gasteiger partial charge < -0.3 is 9.59 Å². The largest absolute Gasteiger partial charge is 0.300 e. The number of hydrogen-bond donors (Lipinski definition) is 0. The van der Waals surface area contributed by atoms with Crippen molar-refractivity contribution in [3.8, 4) is 0 Å². The van der Waals surface area contributed by atoms with Crippen LogP contribution in [0.4, 0.5) is 0 Å². The summed E-state index contributed by atoms with van der Waals surface area (Å²) in [6.45, 7) is 6.11. The average molecular weight is 175 g/mol.